The first-order valence-corrected chi connectivity index (χ1v) is 8.95. The fourth-order valence-electron chi connectivity index (χ4n) is 2.63. The van der Waals surface area contributed by atoms with Gasteiger partial charge in [-0.3, -0.25) is 4.79 Å². The van der Waals surface area contributed by atoms with Gasteiger partial charge in [0, 0.05) is 18.2 Å². The van der Waals surface area contributed by atoms with Gasteiger partial charge in [0.2, 0.25) is 5.91 Å². The van der Waals surface area contributed by atoms with Gasteiger partial charge < -0.3 is 14.1 Å². The quantitative estimate of drug-likeness (QED) is 0.752. The number of esters is 1. The van der Waals surface area contributed by atoms with E-state index in [1.54, 1.807) is 12.1 Å². The standard InChI is InChI=1S/C17H15ClFNO4S/c1-10(21)20-14(9-25-16(20)15-6-3-7-23-15)17(22)24-8-11-12(18)4-2-5-13(11)19/h2-7,14,16H,8-9H2,1H3/t14-,16+/m0/s1. The maximum absolute atomic E-state index is 13.8. The number of furan rings is 1. The third kappa shape index (κ3) is 3.67. The zero-order valence-corrected chi connectivity index (χ0v) is 14.8. The molecule has 1 fully saturated rings. The molecule has 0 radical (unpaired) electrons. The summed E-state index contributed by atoms with van der Waals surface area (Å²) >= 11 is 7.34. The molecule has 2 aromatic rings. The Hall–Kier alpha value is -1.99. The molecule has 3 rings (SSSR count). The molecule has 0 aliphatic carbocycles. The van der Waals surface area contributed by atoms with E-state index in [4.69, 9.17) is 20.8 Å². The Morgan fingerprint density at radius 1 is 1.40 bits per heavy atom. The van der Waals surface area contributed by atoms with Crippen LogP contribution < -0.4 is 0 Å². The van der Waals surface area contributed by atoms with Crippen LogP contribution >= 0.6 is 23.4 Å². The lowest BCUT2D eigenvalue weighted by Crippen LogP contribution is -2.42. The number of carbonyl (C=O) groups excluding carboxylic acids is 2. The third-order valence-electron chi connectivity index (χ3n) is 3.84. The summed E-state index contributed by atoms with van der Waals surface area (Å²) in [5.74, 6) is -0.451. The van der Waals surface area contributed by atoms with Gasteiger partial charge in [-0.15, -0.1) is 11.8 Å². The van der Waals surface area contributed by atoms with Crippen molar-refractivity contribution in [2.45, 2.75) is 24.9 Å². The maximum atomic E-state index is 13.8. The number of amides is 1. The minimum Gasteiger partial charge on any atom is -0.466 e. The molecule has 0 spiro atoms. The van der Waals surface area contributed by atoms with E-state index in [-0.39, 0.29) is 28.5 Å². The molecule has 1 amide bonds. The number of rotatable bonds is 4. The molecule has 1 aromatic carbocycles. The van der Waals surface area contributed by atoms with E-state index in [0.717, 1.165) is 0 Å². The first-order valence-electron chi connectivity index (χ1n) is 7.52. The Kier molecular flexibility index (Phi) is 5.34. The minimum atomic E-state index is -0.761. The Morgan fingerprint density at radius 3 is 2.84 bits per heavy atom. The number of halogens is 2. The monoisotopic (exact) mass is 383 g/mol. The lowest BCUT2D eigenvalue weighted by molar-refractivity contribution is -0.154. The van der Waals surface area contributed by atoms with Crippen LogP contribution in [0.2, 0.25) is 5.02 Å². The smallest absolute Gasteiger partial charge is 0.330 e. The van der Waals surface area contributed by atoms with Crippen LogP contribution in [0.3, 0.4) is 0 Å². The van der Waals surface area contributed by atoms with E-state index >= 15 is 0 Å². The number of carbonyl (C=O) groups is 2. The predicted octanol–water partition coefficient (Wildman–Crippen LogP) is 3.78. The van der Waals surface area contributed by atoms with Crippen LogP contribution in [0.5, 0.6) is 0 Å². The molecule has 1 saturated heterocycles. The lowest BCUT2D eigenvalue weighted by Gasteiger charge is -2.25. The van der Waals surface area contributed by atoms with Crippen LogP contribution in [0.15, 0.2) is 41.0 Å². The van der Waals surface area contributed by atoms with E-state index in [9.17, 15) is 14.0 Å². The summed E-state index contributed by atoms with van der Waals surface area (Å²) in [4.78, 5) is 25.9. The predicted molar refractivity (Wildman–Crippen MR) is 91.4 cm³/mol. The second-order valence-corrected chi connectivity index (χ2v) is 6.97. The second-order valence-electron chi connectivity index (χ2n) is 5.45. The van der Waals surface area contributed by atoms with Crippen LogP contribution in [0.1, 0.15) is 23.6 Å². The maximum Gasteiger partial charge on any atom is 0.330 e. The van der Waals surface area contributed by atoms with Crippen LogP contribution in [-0.2, 0) is 20.9 Å². The molecule has 132 valence electrons. The van der Waals surface area contributed by atoms with Gasteiger partial charge in [0.05, 0.1) is 11.3 Å². The number of hydrogen-bond acceptors (Lipinski definition) is 5. The van der Waals surface area contributed by atoms with Crippen LogP contribution in [0.25, 0.3) is 0 Å². The summed E-state index contributed by atoms with van der Waals surface area (Å²) in [5.41, 5.74) is 0.111. The van der Waals surface area contributed by atoms with Gasteiger partial charge in [-0.2, -0.15) is 0 Å². The molecule has 0 saturated carbocycles. The number of thioether (sulfide) groups is 1. The minimum absolute atomic E-state index is 0.111. The van der Waals surface area contributed by atoms with Gasteiger partial charge in [0.15, 0.2) is 0 Å². The van der Waals surface area contributed by atoms with Gasteiger partial charge in [-0.25, -0.2) is 9.18 Å². The molecule has 1 aromatic heterocycles. The topological polar surface area (TPSA) is 59.8 Å². The third-order valence-corrected chi connectivity index (χ3v) is 5.48. The zero-order valence-electron chi connectivity index (χ0n) is 13.3. The molecule has 2 atom stereocenters. The summed E-state index contributed by atoms with van der Waals surface area (Å²) in [6.45, 7) is 1.10. The summed E-state index contributed by atoms with van der Waals surface area (Å²) in [5, 5.41) is -0.201. The summed E-state index contributed by atoms with van der Waals surface area (Å²) in [6.07, 6.45) is 1.51. The molecule has 2 heterocycles. The van der Waals surface area contributed by atoms with E-state index in [1.165, 1.54) is 48.0 Å². The Bertz CT molecular complexity index is 763. The normalized spacial score (nSPS) is 19.9. The van der Waals surface area contributed by atoms with Crippen molar-refractivity contribution in [1.29, 1.82) is 0 Å². The summed E-state index contributed by atoms with van der Waals surface area (Å²) < 4.78 is 24.3. The average molecular weight is 384 g/mol. The molecule has 0 bridgehead atoms. The van der Waals surface area contributed by atoms with E-state index in [2.05, 4.69) is 0 Å². The number of ether oxygens (including phenoxy) is 1. The average Bonchev–Trinajstić information content (AvgIpc) is 3.23. The van der Waals surface area contributed by atoms with Gasteiger partial charge in [0.25, 0.3) is 0 Å². The molecule has 1 aliphatic rings. The lowest BCUT2D eigenvalue weighted by atomic mass is 10.2. The fraction of sp³-hybridized carbons (Fsp3) is 0.294. The first-order chi connectivity index (χ1) is 12.0. The van der Waals surface area contributed by atoms with Crippen molar-refractivity contribution >= 4 is 35.2 Å². The van der Waals surface area contributed by atoms with E-state index in [1.807, 2.05) is 0 Å². The van der Waals surface area contributed by atoms with Crippen molar-refractivity contribution in [1.82, 2.24) is 4.90 Å². The first kappa shape index (κ1) is 17.8. The van der Waals surface area contributed by atoms with Crippen molar-refractivity contribution in [3.05, 3.63) is 58.8 Å². The molecule has 5 nitrogen and oxygen atoms in total. The van der Waals surface area contributed by atoms with Crippen LogP contribution in [0, 0.1) is 5.82 Å². The molecule has 8 heteroatoms. The van der Waals surface area contributed by atoms with Crippen LogP contribution in [-0.4, -0.2) is 28.6 Å². The molecule has 1 aliphatic heterocycles. The van der Waals surface area contributed by atoms with E-state index < -0.39 is 17.8 Å². The second kappa shape index (κ2) is 7.49. The van der Waals surface area contributed by atoms with Gasteiger partial charge in [0.1, 0.15) is 29.6 Å². The van der Waals surface area contributed by atoms with Gasteiger partial charge >= 0.3 is 5.97 Å². The molecule has 0 unspecified atom stereocenters. The van der Waals surface area contributed by atoms with Gasteiger partial charge in [-0.05, 0) is 24.3 Å². The van der Waals surface area contributed by atoms with Gasteiger partial charge in [-0.1, -0.05) is 17.7 Å². The Labute approximate surface area is 153 Å². The number of benzene rings is 1. The summed E-state index contributed by atoms with van der Waals surface area (Å²) in [6, 6.07) is 6.95. The van der Waals surface area contributed by atoms with Crippen molar-refractivity contribution in [2.75, 3.05) is 5.75 Å². The SMILES string of the molecule is CC(=O)N1[C@@H](c2ccco2)SC[C@H]1C(=O)OCc1c(F)cccc1Cl. The number of hydrogen-bond donors (Lipinski definition) is 0. The largest absolute Gasteiger partial charge is 0.466 e. The van der Waals surface area contributed by atoms with Crippen molar-refractivity contribution in [3.63, 3.8) is 0 Å². The van der Waals surface area contributed by atoms with E-state index in [0.29, 0.717) is 11.5 Å². The fourth-order valence-corrected chi connectivity index (χ4v) is 4.27. The highest BCUT2D eigenvalue weighted by molar-refractivity contribution is 7.99. The van der Waals surface area contributed by atoms with Crippen molar-refractivity contribution in [2.24, 2.45) is 0 Å². The van der Waals surface area contributed by atoms with Crippen molar-refractivity contribution in [3.8, 4) is 0 Å². The van der Waals surface area contributed by atoms with Crippen LogP contribution in [0.4, 0.5) is 4.39 Å². The molecular weight excluding hydrogens is 369 g/mol. The number of nitrogens with zero attached hydrogens (tertiary/aromatic N) is 1. The highest BCUT2D eigenvalue weighted by Gasteiger charge is 2.43. The summed E-state index contributed by atoms with van der Waals surface area (Å²) in [7, 11) is 0. The molecule has 25 heavy (non-hydrogen) atoms. The molecular formula is C17H15ClFNO4S. The highest BCUT2D eigenvalue weighted by atomic mass is 35.5. The van der Waals surface area contributed by atoms with Crippen molar-refractivity contribution < 1.29 is 23.1 Å². The Morgan fingerprint density at radius 2 is 2.20 bits per heavy atom. The Balaban J connectivity index is 1.72. The molecule has 0 N–H and O–H groups in total. The zero-order chi connectivity index (χ0) is 18.0. The highest BCUT2D eigenvalue weighted by Crippen LogP contribution is 2.41.